The second-order valence-corrected chi connectivity index (χ2v) is 7.67. The third-order valence-electron chi connectivity index (χ3n) is 3.63. The first-order valence-electron chi connectivity index (χ1n) is 7.48. The molecular weight excluding hydrogens is 302 g/mol. The van der Waals surface area contributed by atoms with E-state index in [1.807, 2.05) is 4.90 Å². The Morgan fingerprint density at radius 2 is 1.91 bits per heavy atom. The largest absolute Gasteiger partial charge is 0.322 e. The Bertz CT molecular complexity index is 622. The van der Waals surface area contributed by atoms with Gasteiger partial charge in [0, 0.05) is 18.3 Å². The molecule has 7 heteroatoms. The second kappa shape index (κ2) is 6.66. The minimum Gasteiger partial charge on any atom is -0.322 e. The molecular formula is C15H23N3O3S. The molecule has 122 valence electrons. The van der Waals surface area contributed by atoms with E-state index in [-0.39, 0.29) is 10.9 Å². The van der Waals surface area contributed by atoms with E-state index in [0.29, 0.717) is 17.6 Å². The normalized spacial score (nSPS) is 14.9. The molecule has 0 radical (unpaired) electrons. The van der Waals surface area contributed by atoms with Crippen LogP contribution in [0.25, 0.3) is 0 Å². The topological polar surface area (TPSA) is 92.5 Å². The average molecular weight is 325 g/mol. The van der Waals surface area contributed by atoms with Crippen LogP contribution in [0.15, 0.2) is 29.2 Å². The maximum absolute atomic E-state index is 12.4. The van der Waals surface area contributed by atoms with E-state index < -0.39 is 10.0 Å². The van der Waals surface area contributed by atoms with E-state index in [1.165, 1.54) is 12.1 Å². The molecule has 0 aliphatic heterocycles. The Labute approximate surface area is 131 Å². The predicted molar refractivity (Wildman–Crippen MR) is 86.0 cm³/mol. The zero-order valence-corrected chi connectivity index (χ0v) is 13.8. The van der Waals surface area contributed by atoms with Gasteiger partial charge in [0.2, 0.25) is 10.0 Å². The molecule has 1 aromatic carbocycles. The van der Waals surface area contributed by atoms with Crippen molar-refractivity contribution in [2.75, 3.05) is 11.9 Å². The maximum Gasteiger partial charge on any atom is 0.322 e. The number of anilines is 1. The molecule has 6 nitrogen and oxygen atoms in total. The van der Waals surface area contributed by atoms with Gasteiger partial charge in [0.25, 0.3) is 0 Å². The summed E-state index contributed by atoms with van der Waals surface area (Å²) in [5.74, 6) is 0.545. The Balaban J connectivity index is 2.00. The summed E-state index contributed by atoms with van der Waals surface area (Å²) in [7, 11) is -3.71. The summed E-state index contributed by atoms with van der Waals surface area (Å²) in [5, 5.41) is 7.87. The van der Waals surface area contributed by atoms with Gasteiger partial charge >= 0.3 is 6.03 Å². The van der Waals surface area contributed by atoms with Crippen LogP contribution >= 0.6 is 0 Å². The summed E-state index contributed by atoms with van der Waals surface area (Å²) in [6.07, 6.45) is 3.07. The molecule has 1 saturated carbocycles. The highest BCUT2D eigenvalue weighted by Crippen LogP contribution is 2.28. The smallest absolute Gasteiger partial charge is 0.322 e. The second-order valence-electron chi connectivity index (χ2n) is 6.11. The Morgan fingerprint density at radius 1 is 1.32 bits per heavy atom. The molecule has 1 aliphatic rings. The third-order valence-corrected chi connectivity index (χ3v) is 4.56. The fourth-order valence-corrected chi connectivity index (χ4v) is 2.67. The standard InChI is InChI=1S/C15H23N3O3S/c1-11(2)9-10-18(13-5-6-13)15(19)17-12-3-7-14(8-4-12)22(16,20)21/h3-4,7-8,11,13H,5-6,9-10H2,1-2H3,(H,17,19)(H2,16,20,21). The van der Waals surface area contributed by atoms with Crippen molar-refractivity contribution >= 4 is 21.7 Å². The SMILES string of the molecule is CC(C)CCN(C(=O)Nc1ccc(S(N)(=O)=O)cc1)C1CC1. The summed E-state index contributed by atoms with van der Waals surface area (Å²) in [6.45, 7) is 5.01. The summed E-state index contributed by atoms with van der Waals surface area (Å²) in [5.41, 5.74) is 0.563. The van der Waals surface area contributed by atoms with Gasteiger partial charge in [-0.05, 0) is 49.4 Å². The number of rotatable bonds is 6. The van der Waals surface area contributed by atoms with Crippen LogP contribution in [0.5, 0.6) is 0 Å². The molecule has 3 N–H and O–H groups in total. The van der Waals surface area contributed by atoms with Crippen molar-refractivity contribution in [2.24, 2.45) is 11.1 Å². The molecule has 1 fully saturated rings. The van der Waals surface area contributed by atoms with Crippen molar-refractivity contribution in [2.45, 2.75) is 44.0 Å². The van der Waals surface area contributed by atoms with Crippen molar-refractivity contribution in [3.63, 3.8) is 0 Å². The zero-order chi connectivity index (χ0) is 16.3. The Hall–Kier alpha value is -1.60. The quantitative estimate of drug-likeness (QED) is 0.841. The monoisotopic (exact) mass is 325 g/mol. The van der Waals surface area contributed by atoms with Crippen molar-refractivity contribution in [3.05, 3.63) is 24.3 Å². The van der Waals surface area contributed by atoms with Gasteiger partial charge in [0.15, 0.2) is 0 Å². The van der Waals surface area contributed by atoms with Gasteiger partial charge in [0.1, 0.15) is 0 Å². The Morgan fingerprint density at radius 3 is 2.36 bits per heavy atom. The lowest BCUT2D eigenvalue weighted by molar-refractivity contribution is 0.205. The Kier molecular flexibility index (Phi) is 5.08. The molecule has 0 heterocycles. The fourth-order valence-electron chi connectivity index (χ4n) is 2.16. The number of carbonyl (C=O) groups excluding carboxylic acids is 1. The molecule has 1 aromatic rings. The molecule has 0 atom stereocenters. The molecule has 0 unspecified atom stereocenters. The lowest BCUT2D eigenvalue weighted by Crippen LogP contribution is -2.37. The van der Waals surface area contributed by atoms with E-state index >= 15 is 0 Å². The first-order valence-corrected chi connectivity index (χ1v) is 9.02. The summed E-state index contributed by atoms with van der Waals surface area (Å²) in [4.78, 5) is 14.3. The molecule has 0 aromatic heterocycles. The lowest BCUT2D eigenvalue weighted by Gasteiger charge is -2.23. The molecule has 22 heavy (non-hydrogen) atoms. The van der Waals surface area contributed by atoms with Crippen LogP contribution in [0.3, 0.4) is 0 Å². The molecule has 0 saturated heterocycles. The van der Waals surface area contributed by atoms with Crippen LogP contribution < -0.4 is 10.5 Å². The van der Waals surface area contributed by atoms with Crippen LogP contribution in [0, 0.1) is 5.92 Å². The van der Waals surface area contributed by atoms with Gasteiger partial charge in [-0.1, -0.05) is 13.8 Å². The minimum atomic E-state index is -3.71. The van der Waals surface area contributed by atoms with Gasteiger partial charge < -0.3 is 10.2 Å². The van der Waals surface area contributed by atoms with Crippen LogP contribution in [0.1, 0.15) is 33.1 Å². The van der Waals surface area contributed by atoms with Gasteiger partial charge in [-0.2, -0.15) is 0 Å². The van der Waals surface area contributed by atoms with Crippen molar-refractivity contribution in [1.29, 1.82) is 0 Å². The lowest BCUT2D eigenvalue weighted by atomic mass is 10.1. The van der Waals surface area contributed by atoms with Gasteiger partial charge in [-0.25, -0.2) is 18.4 Å². The number of primary sulfonamides is 1. The van der Waals surface area contributed by atoms with E-state index in [1.54, 1.807) is 12.1 Å². The summed E-state index contributed by atoms with van der Waals surface area (Å²) >= 11 is 0. The molecule has 2 amide bonds. The molecule has 0 spiro atoms. The number of nitrogens with two attached hydrogens (primary N) is 1. The van der Waals surface area contributed by atoms with Crippen molar-refractivity contribution < 1.29 is 13.2 Å². The summed E-state index contributed by atoms with van der Waals surface area (Å²) < 4.78 is 22.4. The van der Waals surface area contributed by atoms with Crippen molar-refractivity contribution in [1.82, 2.24) is 4.90 Å². The number of hydrogen-bond acceptors (Lipinski definition) is 3. The number of amides is 2. The van der Waals surface area contributed by atoms with Crippen LogP contribution in [-0.4, -0.2) is 31.9 Å². The van der Waals surface area contributed by atoms with E-state index in [2.05, 4.69) is 19.2 Å². The van der Waals surface area contributed by atoms with Gasteiger partial charge in [0.05, 0.1) is 4.90 Å². The number of hydrogen-bond donors (Lipinski definition) is 2. The van der Waals surface area contributed by atoms with Crippen molar-refractivity contribution in [3.8, 4) is 0 Å². The fraction of sp³-hybridized carbons (Fsp3) is 0.533. The van der Waals surface area contributed by atoms with E-state index in [9.17, 15) is 13.2 Å². The maximum atomic E-state index is 12.4. The highest BCUT2D eigenvalue weighted by molar-refractivity contribution is 7.89. The number of nitrogens with one attached hydrogen (secondary N) is 1. The molecule has 1 aliphatic carbocycles. The third kappa shape index (κ3) is 4.71. The number of nitrogens with zero attached hydrogens (tertiary/aromatic N) is 1. The minimum absolute atomic E-state index is 0.0318. The van der Waals surface area contributed by atoms with Crippen LogP contribution in [0.2, 0.25) is 0 Å². The first-order chi connectivity index (χ1) is 10.3. The van der Waals surface area contributed by atoms with Crippen LogP contribution in [0.4, 0.5) is 10.5 Å². The molecule has 0 bridgehead atoms. The average Bonchev–Trinajstić information content (AvgIpc) is 3.22. The highest BCUT2D eigenvalue weighted by atomic mass is 32.2. The number of sulfonamides is 1. The predicted octanol–water partition coefficient (Wildman–Crippen LogP) is 2.38. The number of benzene rings is 1. The van der Waals surface area contributed by atoms with E-state index in [4.69, 9.17) is 5.14 Å². The first kappa shape index (κ1) is 16.8. The van der Waals surface area contributed by atoms with E-state index in [0.717, 1.165) is 25.8 Å². The zero-order valence-electron chi connectivity index (χ0n) is 13.0. The highest BCUT2D eigenvalue weighted by Gasteiger charge is 2.32. The summed E-state index contributed by atoms with van der Waals surface area (Å²) in [6, 6.07) is 6.08. The van der Waals surface area contributed by atoms with Gasteiger partial charge in [-0.15, -0.1) is 0 Å². The van der Waals surface area contributed by atoms with Gasteiger partial charge in [-0.3, -0.25) is 0 Å². The molecule has 2 rings (SSSR count). The number of urea groups is 1. The van der Waals surface area contributed by atoms with Crippen LogP contribution in [-0.2, 0) is 10.0 Å². The number of carbonyl (C=O) groups is 1.